The van der Waals surface area contributed by atoms with Gasteiger partial charge < -0.3 is 9.47 Å². The Kier molecular flexibility index (Phi) is 4.21. The average Bonchev–Trinajstić information content (AvgIpc) is 3.30. The number of hydrogen-bond acceptors (Lipinski definition) is 5. The highest BCUT2D eigenvalue weighted by Gasteiger charge is 2.72. The molecule has 0 bridgehead atoms. The molecule has 3 heterocycles. The van der Waals surface area contributed by atoms with Gasteiger partial charge in [-0.05, 0) is 62.2 Å². The molecule has 1 aromatic rings. The summed E-state index contributed by atoms with van der Waals surface area (Å²) >= 11 is 0. The highest BCUT2D eigenvalue weighted by atomic mass is 16.5. The number of piperidine rings is 1. The quantitative estimate of drug-likeness (QED) is 0.715. The van der Waals surface area contributed by atoms with E-state index in [0.717, 1.165) is 44.5 Å². The van der Waals surface area contributed by atoms with Crippen molar-refractivity contribution in [1.82, 2.24) is 4.90 Å². The topological polar surface area (TPSA) is 59.1 Å². The van der Waals surface area contributed by atoms with Crippen molar-refractivity contribution >= 4 is 17.7 Å². The summed E-state index contributed by atoms with van der Waals surface area (Å²) in [5, 5.41) is 0. The molecule has 1 aliphatic carbocycles. The summed E-state index contributed by atoms with van der Waals surface area (Å²) in [7, 11) is 2.88. The molecule has 29 heavy (non-hydrogen) atoms. The minimum absolute atomic E-state index is 0.0728. The van der Waals surface area contributed by atoms with Crippen LogP contribution in [0.25, 0.3) is 0 Å². The van der Waals surface area contributed by atoms with Crippen LogP contribution in [0.1, 0.15) is 44.6 Å². The predicted octanol–water partition coefficient (Wildman–Crippen LogP) is 3.34. The first-order chi connectivity index (χ1) is 14.0. The van der Waals surface area contributed by atoms with E-state index in [9.17, 15) is 9.59 Å². The van der Waals surface area contributed by atoms with Crippen LogP contribution in [0.2, 0.25) is 0 Å². The van der Waals surface area contributed by atoms with Crippen LogP contribution in [0.15, 0.2) is 24.3 Å². The summed E-state index contributed by atoms with van der Waals surface area (Å²) in [6.45, 7) is 4.38. The fourth-order valence-electron chi connectivity index (χ4n) is 7.56. The molecule has 0 unspecified atom stereocenters. The standard InChI is InChI=1S/C23H30N2O4/c1-4-22-10-7-12-24-13-11-23(20(22)24)16-8-5-6-9-17(16)25(21(27)29-3)18(23)15(14-22)19(26)28-2/h5-6,8-9,15,18,20H,4,7,10-14H2,1-3H3/t15-,18-,20-,22-,23-/m1/s1. The molecule has 3 aliphatic heterocycles. The number of anilines is 1. The highest BCUT2D eigenvalue weighted by molar-refractivity contribution is 5.94. The second kappa shape index (κ2) is 6.46. The summed E-state index contributed by atoms with van der Waals surface area (Å²) < 4.78 is 10.5. The van der Waals surface area contributed by atoms with Crippen molar-refractivity contribution in [3.8, 4) is 0 Å². The predicted molar refractivity (Wildman–Crippen MR) is 109 cm³/mol. The number of carbonyl (C=O) groups is 2. The van der Waals surface area contributed by atoms with Crippen molar-refractivity contribution in [3.63, 3.8) is 0 Å². The van der Waals surface area contributed by atoms with Crippen molar-refractivity contribution < 1.29 is 19.1 Å². The van der Waals surface area contributed by atoms with Crippen LogP contribution in [-0.2, 0) is 19.7 Å². The molecule has 6 heteroatoms. The molecule has 3 fully saturated rings. The van der Waals surface area contributed by atoms with Crippen LogP contribution < -0.4 is 4.90 Å². The van der Waals surface area contributed by atoms with E-state index in [1.165, 1.54) is 26.2 Å². The van der Waals surface area contributed by atoms with E-state index >= 15 is 0 Å². The monoisotopic (exact) mass is 398 g/mol. The van der Waals surface area contributed by atoms with Gasteiger partial charge in [-0.1, -0.05) is 25.1 Å². The molecule has 5 atom stereocenters. The molecule has 2 saturated heterocycles. The van der Waals surface area contributed by atoms with E-state index < -0.39 is 0 Å². The molecular weight excluding hydrogens is 368 g/mol. The van der Waals surface area contributed by atoms with Crippen LogP contribution in [0.4, 0.5) is 10.5 Å². The van der Waals surface area contributed by atoms with Gasteiger partial charge in [0.1, 0.15) is 0 Å². The summed E-state index contributed by atoms with van der Waals surface area (Å²) in [6, 6.07) is 8.29. The zero-order valence-corrected chi connectivity index (χ0v) is 17.5. The molecular formula is C23H30N2O4. The minimum Gasteiger partial charge on any atom is -0.469 e. The lowest BCUT2D eigenvalue weighted by atomic mass is 9.49. The fourth-order valence-corrected chi connectivity index (χ4v) is 7.56. The Labute approximate surface area is 172 Å². The van der Waals surface area contributed by atoms with Gasteiger partial charge in [0.25, 0.3) is 0 Å². The molecule has 1 aromatic carbocycles. The number of nitrogens with zero attached hydrogens (tertiary/aromatic N) is 2. The Morgan fingerprint density at radius 3 is 2.66 bits per heavy atom. The van der Waals surface area contributed by atoms with Crippen LogP contribution in [0.3, 0.4) is 0 Å². The number of methoxy groups -OCH3 is 2. The number of fused-ring (bicyclic) bond motifs is 1. The Morgan fingerprint density at radius 1 is 1.14 bits per heavy atom. The number of benzene rings is 1. The Balaban J connectivity index is 1.78. The van der Waals surface area contributed by atoms with Gasteiger partial charge in [-0.2, -0.15) is 0 Å². The number of rotatable bonds is 2. The Hall–Kier alpha value is -2.08. The van der Waals surface area contributed by atoms with Crippen LogP contribution >= 0.6 is 0 Å². The number of carbonyl (C=O) groups excluding carboxylic acids is 2. The maximum Gasteiger partial charge on any atom is 0.414 e. The van der Waals surface area contributed by atoms with Crippen molar-refractivity contribution in [1.29, 1.82) is 0 Å². The molecule has 1 spiro atoms. The maximum absolute atomic E-state index is 13.1. The first-order valence-electron chi connectivity index (χ1n) is 10.8. The maximum atomic E-state index is 13.1. The average molecular weight is 399 g/mol. The lowest BCUT2D eigenvalue weighted by molar-refractivity contribution is -0.154. The van der Waals surface area contributed by atoms with E-state index in [-0.39, 0.29) is 34.9 Å². The first-order valence-corrected chi connectivity index (χ1v) is 10.8. The highest BCUT2D eigenvalue weighted by Crippen LogP contribution is 2.66. The van der Waals surface area contributed by atoms with Crippen molar-refractivity contribution in [2.75, 3.05) is 32.2 Å². The third kappa shape index (κ3) is 2.21. The van der Waals surface area contributed by atoms with Crippen LogP contribution in [0.5, 0.6) is 0 Å². The van der Waals surface area contributed by atoms with Crippen LogP contribution in [0, 0.1) is 11.3 Å². The number of hydrogen-bond donors (Lipinski definition) is 0. The molecule has 5 rings (SSSR count). The molecule has 0 radical (unpaired) electrons. The van der Waals surface area contributed by atoms with Gasteiger partial charge in [0.15, 0.2) is 0 Å². The summed E-state index contributed by atoms with van der Waals surface area (Å²) in [5.41, 5.74) is 1.93. The van der Waals surface area contributed by atoms with E-state index in [1.807, 2.05) is 12.1 Å². The molecule has 0 aromatic heterocycles. The van der Waals surface area contributed by atoms with E-state index in [0.29, 0.717) is 6.04 Å². The third-order valence-electron chi connectivity index (χ3n) is 8.42. The fraction of sp³-hybridized carbons (Fsp3) is 0.652. The van der Waals surface area contributed by atoms with E-state index in [4.69, 9.17) is 9.47 Å². The summed E-state index contributed by atoms with van der Waals surface area (Å²) in [5.74, 6) is -0.549. The molecule has 1 amide bonds. The summed E-state index contributed by atoms with van der Waals surface area (Å²) in [4.78, 5) is 30.5. The zero-order chi connectivity index (χ0) is 20.4. The normalized spacial score (nSPS) is 37.5. The Bertz CT molecular complexity index is 857. The van der Waals surface area contributed by atoms with Crippen molar-refractivity contribution in [3.05, 3.63) is 29.8 Å². The molecule has 4 aliphatic rings. The van der Waals surface area contributed by atoms with E-state index in [1.54, 1.807) is 4.90 Å². The minimum atomic E-state index is -0.383. The van der Waals surface area contributed by atoms with Gasteiger partial charge in [0, 0.05) is 11.5 Å². The van der Waals surface area contributed by atoms with Crippen molar-refractivity contribution in [2.45, 2.75) is 56.5 Å². The zero-order valence-electron chi connectivity index (χ0n) is 17.5. The summed E-state index contributed by atoms with van der Waals surface area (Å²) in [6.07, 6.45) is 4.68. The van der Waals surface area contributed by atoms with E-state index in [2.05, 4.69) is 24.0 Å². The number of ether oxygens (including phenoxy) is 2. The number of amides is 1. The van der Waals surface area contributed by atoms with Crippen molar-refractivity contribution in [2.24, 2.45) is 11.3 Å². The molecule has 1 saturated carbocycles. The number of esters is 1. The van der Waals surface area contributed by atoms with Crippen LogP contribution in [-0.4, -0.2) is 56.4 Å². The van der Waals surface area contributed by atoms with Gasteiger partial charge in [0.2, 0.25) is 0 Å². The number of para-hydroxylation sites is 1. The largest absolute Gasteiger partial charge is 0.469 e. The lowest BCUT2D eigenvalue weighted by Crippen LogP contribution is -2.69. The van der Waals surface area contributed by atoms with Gasteiger partial charge in [-0.25, -0.2) is 4.79 Å². The SMILES string of the molecule is CC[C@@]12CCCN3CC[C@]4(c5ccccc5N(C(=O)OC)[C@@H]4[C@H](C(=O)OC)C1)[C@H]32. The second-order valence-corrected chi connectivity index (χ2v) is 9.18. The molecule has 156 valence electrons. The lowest BCUT2D eigenvalue weighted by Gasteiger charge is -2.60. The van der Waals surface area contributed by atoms with Gasteiger partial charge >= 0.3 is 12.1 Å². The molecule has 0 N–H and O–H groups in total. The first kappa shape index (κ1) is 18.9. The van der Waals surface area contributed by atoms with Gasteiger partial charge in [0.05, 0.1) is 31.9 Å². The smallest absolute Gasteiger partial charge is 0.414 e. The van der Waals surface area contributed by atoms with Gasteiger partial charge in [-0.3, -0.25) is 14.6 Å². The van der Waals surface area contributed by atoms with Gasteiger partial charge in [-0.15, -0.1) is 0 Å². The Morgan fingerprint density at radius 2 is 1.93 bits per heavy atom. The third-order valence-corrected chi connectivity index (χ3v) is 8.42. The second-order valence-electron chi connectivity index (χ2n) is 9.18. The molecule has 6 nitrogen and oxygen atoms in total.